The number of hydrogen-bond donors (Lipinski definition) is 2. The van der Waals surface area contributed by atoms with Gasteiger partial charge >= 0.3 is 12.0 Å². The van der Waals surface area contributed by atoms with Crippen molar-refractivity contribution in [2.75, 3.05) is 33.4 Å². The van der Waals surface area contributed by atoms with Crippen LogP contribution in [0.1, 0.15) is 17.4 Å². The van der Waals surface area contributed by atoms with Crippen molar-refractivity contribution < 1.29 is 19.4 Å². The summed E-state index contributed by atoms with van der Waals surface area (Å²) in [4.78, 5) is 23.8. The standard InChI is InChI=1S/C11H19N5O4/c1-3-20-7-6-15(2)11(19)12-4-5-16-8-9(10(17)18)13-14-16/h8H,3-7H2,1-2H3,(H,12,19)(H,17,18). The maximum absolute atomic E-state index is 11.7. The van der Waals surface area contributed by atoms with Gasteiger partial charge in [0.15, 0.2) is 5.69 Å². The second-order valence-electron chi connectivity index (χ2n) is 4.02. The maximum atomic E-state index is 11.7. The Kier molecular flexibility index (Phi) is 6.44. The first-order valence-electron chi connectivity index (χ1n) is 6.24. The minimum Gasteiger partial charge on any atom is -0.476 e. The van der Waals surface area contributed by atoms with Crippen molar-refractivity contribution in [3.63, 3.8) is 0 Å². The summed E-state index contributed by atoms with van der Waals surface area (Å²) < 4.78 is 6.52. The summed E-state index contributed by atoms with van der Waals surface area (Å²) in [6.07, 6.45) is 1.31. The fourth-order valence-electron chi connectivity index (χ4n) is 1.37. The molecule has 20 heavy (non-hydrogen) atoms. The number of ether oxygens (including phenoxy) is 1. The molecule has 0 radical (unpaired) electrons. The predicted molar refractivity (Wildman–Crippen MR) is 69.5 cm³/mol. The number of carbonyl (C=O) groups excluding carboxylic acids is 1. The van der Waals surface area contributed by atoms with E-state index in [2.05, 4.69) is 15.6 Å². The lowest BCUT2D eigenvalue weighted by Gasteiger charge is -2.17. The molecule has 9 nitrogen and oxygen atoms in total. The molecule has 0 saturated carbocycles. The number of urea groups is 1. The Labute approximate surface area is 116 Å². The fourth-order valence-corrected chi connectivity index (χ4v) is 1.37. The third kappa shape index (κ3) is 5.22. The summed E-state index contributed by atoms with van der Waals surface area (Å²) in [5.41, 5.74) is -0.120. The van der Waals surface area contributed by atoms with E-state index in [1.807, 2.05) is 6.92 Å². The number of aromatic nitrogens is 3. The molecule has 0 spiro atoms. The van der Waals surface area contributed by atoms with Crippen LogP contribution in [0.25, 0.3) is 0 Å². The van der Waals surface area contributed by atoms with E-state index >= 15 is 0 Å². The highest BCUT2D eigenvalue weighted by molar-refractivity contribution is 5.84. The first kappa shape index (κ1) is 15.9. The number of aromatic carboxylic acids is 1. The minimum absolute atomic E-state index is 0.120. The van der Waals surface area contributed by atoms with Gasteiger partial charge in [0.05, 0.1) is 19.3 Å². The number of likely N-dealkylation sites (N-methyl/N-ethyl adjacent to an activating group) is 1. The molecular weight excluding hydrogens is 266 g/mol. The van der Waals surface area contributed by atoms with Gasteiger partial charge in [0.1, 0.15) is 0 Å². The predicted octanol–water partition coefficient (Wildman–Crippen LogP) is -0.346. The Morgan fingerprint density at radius 3 is 2.90 bits per heavy atom. The smallest absolute Gasteiger partial charge is 0.358 e. The number of carboxylic acids is 1. The van der Waals surface area contributed by atoms with Gasteiger partial charge in [-0.3, -0.25) is 0 Å². The Morgan fingerprint density at radius 2 is 2.30 bits per heavy atom. The molecule has 2 N–H and O–H groups in total. The van der Waals surface area contributed by atoms with Crippen molar-refractivity contribution in [1.82, 2.24) is 25.2 Å². The first-order chi connectivity index (χ1) is 9.54. The fraction of sp³-hybridized carbons (Fsp3) is 0.636. The van der Waals surface area contributed by atoms with Crippen LogP contribution in [0, 0.1) is 0 Å². The van der Waals surface area contributed by atoms with Crippen LogP contribution in [0.5, 0.6) is 0 Å². The summed E-state index contributed by atoms with van der Waals surface area (Å²) in [6, 6.07) is -0.219. The number of hydrogen-bond acceptors (Lipinski definition) is 5. The summed E-state index contributed by atoms with van der Waals surface area (Å²) in [7, 11) is 1.67. The van der Waals surface area contributed by atoms with Crippen molar-refractivity contribution in [3.8, 4) is 0 Å². The molecule has 1 aromatic heterocycles. The molecule has 1 aromatic rings. The van der Waals surface area contributed by atoms with Gasteiger partial charge in [0.2, 0.25) is 0 Å². The molecule has 0 aromatic carbocycles. The molecule has 9 heteroatoms. The van der Waals surface area contributed by atoms with Crippen LogP contribution in [-0.4, -0.2) is 70.4 Å². The Morgan fingerprint density at radius 1 is 1.55 bits per heavy atom. The Balaban J connectivity index is 2.25. The summed E-state index contributed by atoms with van der Waals surface area (Å²) in [6.45, 7) is 4.19. The number of rotatable bonds is 8. The van der Waals surface area contributed by atoms with Gasteiger partial charge in [-0.2, -0.15) is 0 Å². The molecule has 2 amide bonds. The minimum atomic E-state index is -1.13. The zero-order valence-electron chi connectivity index (χ0n) is 11.6. The van der Waals surface area contributed by atoms with Gasteiger partial charge in [-0.1, -0.05) is 5.21 Å². The topological polar surface area (TPSA) is 110 Å². The van der Waals surface area contributed by atoms with Gasteiger partial charge < -0.3 is 20.1 Å². The largest absolute Gasteiger partial charge is 0.476 e. The molecule has 0 aliphatic rings. The molecule has 0 saturated heterocycles. The SMILES string of the molecule is CCOCCN(C)C(=O)NCCn1cc(C(=O)O)nn1. The highest BCUT2D eigenvalue weighted by atomic mass is 16.5. The molecule has 0 aliphatic heterocycles. The average Bonchev–Trinajstić information content (AvgIpc) is 2.87. The highest BCUT2D eigenvalue weighted by Crippen LogP contribution is 1.92. The molecule has 0 bridgehead atoms. The van der Waals surface area contributed by atoms with Crippen LogP contribution < -0.4 is 5.32 Å². The van der Waals surface area contributed by atoms with E-state index in [9.17, 15) is 9.59 Å². The summed E-state index contributed by atoms with van der Waals surface area (Å²) >= 11 is 0. The lowest BCUT2D eigenvalue weighted by Crippen LogP contribution is -2.40. The van der Waals surface area contributed by atoms with Crippen LogP contribution in [-0.2, 0) is 11.3 Å². The Bertz CT molecular complexity index is 448. The van der Waals surface area contributed by atoms with Crippen molar-refractivity contribution in [2.45, 2.75) is 13.5 Å². The zero-order chi connectivity index (χ0) is 15.0. The summed E-state index contributed by atoms with van der Waals surface area (Å²) in [5, 5.41) is 18.5. The molecule has 112 valence electrons. The monoisotopic (exact) mass is 285 g/mol. The van der Waals surface area contributed by atoms with Crippen LogP contribution in [0.15, 0.2) is 6.20 Å². The molecule has 0 fully saturated rings. The van der Waals surface area contributed by atoms with Gasteiger partial charge in [-0.15, -0.1) is 5.10 Å². The highest BCUT2D eigenvalue weighted by Gasteiger charge is 2.09. The molecule has 0 unspecified atom stereocenters. The molecule has 0 aliphatic carbocycles. The van der Waals surface area contributed by atoms with E-state index in [1.165, 1.54) is 15.8 Å². The van der Waals surface area contributed by atoms with Gasteiger partial charge in [0.25, 0.3) is 0 Å². The van der Waals surface area contributed by atoms with Gasteiger partial charge in [0, 0.05) is 26.7 Å². The normalized spacial score (nSPS) is 10.3. The lowest BCUT2D eigenvalue weighted by molar-refractivity contribution is 0.0690. The second-order valence-corrected chi connectivity index (χ2v) is 4.02. The first-order valence-corrected chi connectivity index (χ1v) is 6.24. The lowest BCUT2D eigenvalue weighted by atomic mass is 10.5. The second kappa shape index (κ2) is 8.10. The van der Waals surface area contributed by atoms with Crippen LogP contribution in [0.4, 0.5) is 4.79 Å². The number of carbonyl (C=O) groups is 2. The van der Waals surface area contributed by atoms with Crippen molar-refractivity contribution in [1.29, 1.82) is 0 Å². The van der Waals surface area contributed by atoms with Crippen molar-refractivity contribution in [2.24, 2.45) is 0 Å². The van der Waals surface area contributed by atoms with E-state index < -0.39 is 5.97 Å². The molecule has 1 rings (SSSR count). The third-order valence-corrected chi connectivity index (χ3v) is 2.50. The van der Waals surface area contributed by atoms with Crippen molar-refractivity contribution >= 4 is 12.0 Å². The summed E-state index contributed by atoms with van der Waals surface area (Å²) in [5.74, 6) is -1.13. The molecule has 1 heterocycles. The van der Waals surface area contributed by atoms with Crippen molar-refractivity contribution in [3.05, 3.63) is 11.9 Å². The van der Waals surface area contributed by atoms with Crippen LogP contribution in [0.3, 0.4) is 0 Å². The number of carboxylic acid groups (broad SMARTS) is 1. The zero-order valence-corrected chi connectivity index (χ0v) is 11.6. The number of amides is 2. The number of nitrogens with zero attached hydrogens (tertiary/aromatic N) is 4. The number of nitrogens with one attached hydrogen (secondary N) is 1. The Hall–Kier alpha value is -2.16. The molecular formula is C11H19N5O4. The average molecular weight is 285 g/mol. The van der Waals surface area contributed by atoms with E-state index in [0.717, 1.165) is 0 Å². The van der Waals surface area contributed by atoms with Gasteiger partial charge in [-0.25, -0.2) is 14.3 Å². The molecule has 0 atom stereocenters. The van der Waals surface area contributed by atoms with E-state index in [-0.39, 0.29) is 11.7 Å². The van der Waals surface area contributed by atoms with Gasteiger partial charge in [-0.05, 0) is 6.92 Å². The van der Waals surface area contributed by atoms with E-state index in [4.69, 9.17) is 9.84 Å². The quantitative estimate of drug-likeness (QED) is 0.632. The van der Waals surface area contributed by atoms with E-state index in [1.54, 1.807) is 7.05 Å². The van der Waals surface area contributed by atoms with Crippen LogP contribution >= 0.6 is 0 Å². The van der Waals surface area contributed by atoms with E-state index in [0.29, 0.717) is 32.8 Å². The van der Waals surface area contributed by atoms with Crippen LogP contribution in [0.2, 0.25) is 0 Å². The third-order valence-electron chi connectivity index (χ3n) is 2.50. The maximum Gasteiger partial charge on any atom is 0.358 e.